The molecule has 3 aromatic carbocycles. The van der Waals surface area contributed by atoms with Crippen molar-refractivity contribution in [2.45, 2.75) is 51.0 Å². The van der Waals surface area contributed by atoms with Gasteiger partial charge in [-0.25, -0.2) is 0 Å². The van der Waals surface area contributed by atoms with Gasteiger partial charge in [0.25, 0.3) is 0 Å². The fraction of sp³-hybridized carbons (Fsp3) is 0.267. The van der Waals surface area contributed by atoms with Gasteiger partial charge in [0.1, 0.15) is 11.4 Å². The third-order valence-corrected chi connectivity index (χ3v) is 7.04. The van der Waals surface area contributed by atoms with Crippen LogP contribution in [-0.4, -0.2) is 22.3 Å². The number of nitrogens with one attached hydrogen (secondary N) is 1. The average Bonchev–Trinajstić information content (AvgIpc) is 3.63. The van der Waals surface area contributed by atoms with E-state index in [9.17, 15) is 9.90 Å². The van der Waals surface area contributed by atoms with E-state index in [1.807, 2.05) is 49.4 Å². The molecule has 2 N–H and O–H groups in total. The molecule has 1 fully saturated rings. The van der Waals surface area contributed by atoms with Crippen LogP contribution in [-0.2, 0) is 16.6 Å². The highest BCUT2D eigenvalue weighted by atomic mass is 16.5. The molecule has 178 valence electrons. The molecule has 4 aromatic rings. The second-order valence-electron chi connectivity index (χ2n) is 9.58. The van der Waals surface area contributed by atoms with E-state index < -0.39 is 11.4 Å². The van der Waals surface area contributed by atoms with Crippen LogP contribution in [0.1, 0.15) is 43.0 Å². The highest BCUT2D eigenvalue weighted by Crippen LogP contribution is 2.48. The number of carboxylic acid groups (broad SMARTS) is 1. The molecule has 0 radical (unpaired) electrons. The van der Waals surface area contributed by atoms with Gasteiger partial charge in [-0.1, -0.05) is 84.0 Å². The molecule has 1 aliphatic rings. The molecule has 0 amide bonds. The van der Waals surface area contributed by atoms with Crippen LogP contribution in [0.2, 0.25) is 0 Å². The zero-order valence-corrected chi connectivity index (χ0v) is 20.1. The number of carbonyl (C=O) groups is 1. The highest BCUT2D eigenvalue weighted by Gasteiger charge is 2.51. The van der Waals surface area contributed by atoms with Crippen molar-refractivity contribution >= 4 is 11.7 Å². The summed E-state index contributed by atoms with van der Waals surface area (Å²) < 4.78 is 5.71. The van der Waals surface area contributed by atoms with Crippen LogP contribution in [0.3, 0.4) is 0 Å². The summed E-state index contributed by atoms with van der Waals surface area (Å²) in [5.41, 5.74) is 6.43. The third kappa shape index (κ3) is 4.72. The molecule has 1 heterocycles. The van der Waals surface area contributed by atoms with Crippen molar-refractivity contribution in [3.05, 3.63) is 95.7 Å². The van der Waals surface area contributed by atoms with E-state index in [0.29, 0.717) is 12.8 Å². The fourth-order valence-corrected chi connectivity index (χ4v) is 4.63. The first-order chi connectivity index (χ1) is 17.0. The second-order valence-corrected chi connectivity index (χ2v) is 9.58. The molecular formula is C30H30N2O3. The molecule has 1 atom stereocenters. The Labute approximate surface area is 205 Å². The molecule has 0 saturated heterocycles. The van der Waals surface area contributed by atoms with Crippen molar-refractivity contribution in [1.82, 2.24) is 5.16 Å². The Morgan fingerprint density at radius 2 is 1.57 bits per heavy atom. The summed E-state index contributed by atoms with van der Waals surface area (Å²) in [6, 6.07) is 26.9. The molecule has 1 unspecified atom stereocenters. The van der Waals surface area contributed by atoms with Crippen LogP contribution in [0.4, 0.5) is 5.69 Å². The minimum Gasteiger partial charge on any atom is -0.481 e. The maximum atomic E-state index is 11.6. The van der Waals surface area contributed by atoms with Crippen LogP contribution in [0.25, 0.3) is 22.5 Å². The summed E-state index contributed by atoms with van der Waals surface area (Å²) in [4.78, 5) is 11.6. The molecule has 5 rings (SSSR count). The zero-order valence-electron chi connectivity index (χ0n) is 20.1. The van der Waals surface area contributed by atoms with Gasteiger partial charge in [-0.05, 0) is 61.8 Å². The molecule has 5 heteroatoms. The molecule has 0 bridgehead atoms. The molecule has 0 spiro atoms. The van der Waals surface area contributed by atoms with E-state index in [1.165, 1.54) is 5.56 Å². The van der Waals surface area contributed by atoms with Gasteiger partial charge >= 0.3 is 5.97 Å². The van der Waals surface area contributed by atoms with E-state index in [-0.39, 0.29) is 6.04 Å². The Balaban J connectivity index is 1.29. The van der Waals surface area contributed by atoms with Gasteiger partial charge in [-0.15, -0.1) is 0 Å². The van der Waals surface area contributed by atoms with Crippen molar-refractivity contribution in [1.29, 1.82) is 0 Å². The van der Waals surface area contributed by atoms with Gasteiger partial charge in [-0.2, -0.15) is 0 Å². The van der Waals surface area contributed by atoms with Gasteiger partial charge in [0.15, 0.2) is 5.76 Å². The van der Waals surface area contributed by atoms with Crippen molar-refractivity contribution in [3.63, 3.8) is 0 Å². The molecule has 0 aliphatic heterocycles. The van der Waals surface area contributed by atoms with E-state index in [4.69, 9.17) is 4.52 Å². The van der Waals surface area contributed by atoms with Crippen LogP contribution in [0, 0.1) is 6.92 Å². The molecule has 1 saturated carbocycles. The van der Waals surface area contributed by atoms with Crippen molar-refractivity contribution in [2.24, 2.45) is 0 Å². The first kappa shape index (κ1) is 22.9. The van der Waals surface area contributed by atoms with Gasteiger partial charge in [0.2, 0.25) is 0 Å². The highest BCUT2D eigenvalue weighted by molar-refractivity contribution is 5.85. The summed E-state index contributed by atoms with van der Waals surface area (Å²) in [5.74, 6) is 0.0174. The Bertz CT molecular complexity index is 1300. The SMILES string of the molecule is Cc1noc(-c2ccc(-c3ccc(C4(C(=O)O)CC4)cc3)cc2)c1NC(C)CCc1ccccc1. The first-order valence-electron chi connectivity index (χ1n) is 12.2. The lowest BCUT2D eigenvalue weighted by atomic mass is 9.93. The number of hydrogen-bond acceptors (Lipinski definition) is 4. The standard InChI is InChI=1S/C30H30N2O3/c1-20(8-9-22-6-4-3-5-7-22)31-27-21(2)32-35-28(27)25-12-10-23(11-13-25)24-14-16-26(17-15-24)30(18-19-30)29(33)34/h3-7,10-17,20,31H,8-9,18-19H2,1-2H3,(H,33,34). The topological polar surface area (TPSA) is 75.4 Å². The van der Waals surface area contributed by atoms with E-state index >= 15 is 0 Å². The van der Waals surface area contributed by atoms with Crippen molar-refractivity contribution < 1.29 is 14.4 Å². The van der Waals surface area contributed by atoms with Crippen LogP contribution in [0.5, 0.6) is 0 Å². The van der Waals surface area contributed by atoms with Crippen LogP contribution >= 0.6 is 0 Å². The minimum absolute atomic E-state index is 0.269. The van der Waals surface area contributed by atoms with E-state index in [0.717, 1.165) is 52.2 Å². The summed E-state index contributed by atoms with van der Waals surface area (Å²) in [5, 5.41) is 17.3. The van der Waals surface area contributed by atoms with Crippen molar-refractivity contribution in [2.75, 3.05) is 5.32 Å². The third-order valence-electron chi connectivity index (χ3n) is 7.04. The van der Waals surface area contributed by atoms with Crippen LogP contribution in [0.15, 0.2) is 83.4 Å². The monoisotopic (exact) mass is 466 g/mol. The predicted octanol–water partition coefficient (Wildman–Crippen LogP) is 6.87. The summed E-state index contributed by atoms with van der Waals surface area (Å²) >= 11 is 0. The Kier molecular flexibility index (Phi) is 6.16. The Morgan fingerprint density at radius 3 is 2.17 bits per heavy atom. The number of benzene rings is 3. The maximum absolute atomic E-state index is 11.6. The predicted molar refractivity (Wildman–Crippen MR) is 139 cm³/mol. The number of anilines is 1. The number of carboxylic acids is 1. The Hall–Kier alpha value is -3.86. The van der Waals surface area contributed by atoms with Gasteiger partial charge in [0, 0.05) is 11.6 Å². The largest absolute Gasteiger partial charge is 0.481 e. The lowest BCUT2D eigenvalue weighted by molar-refractivity contribution is -0.140. The number of aliphatic carboxylic acids is 1. The first-order valence-corrected chi connectivity index (χ1v) is 12.2. The summed E-state index contributed by atoms with van der Waals surface area (Å²) in [7, 11) is 0. The van der Waals surface area contributed by atoms with E-state index in [1.54, 1.807) is 0 Å². The molecular weight excluding hydrogens is 436 g/mol. The number of aromatic nitrogens is 1. The average molecular weight is 467 g/mol. The number of aryl methyl sites for hydroxylation is 2. The maximum Gasteiger partial charge on any atom is 0.314 e. The van der Waals surface area contributed by atoms with Crippen molar-refractivity contribution in [3.8, 4) is 22.5 Å². The van der Waals surface area contributed by atoms with Crippen LogP contribution < -0.4 is 5.32 Å². The quantitative estimate of drug-likeness (QED) is 0.282. The van der Waals surface area contributed by atoms with Gasteiger partial charge in [0.05, 0.1) is 5.41 Å². The molecule has 35 heavy (non-hydrogen) atoms. The zero-order chi connectivity index (χ0) is 24.4. The lowest BCUT2D eigenvalue weighted by Gasteiger charge is -2.15. The lowest BCUT2D eigenvalue weighted by Crippen LogP contribution is -2.19. The number of nitrogens with zero attached hydrogens (tertiary/aromatic N) is 1. The van der Waals surface area contributed by atoms with Gasteiger partial charge in [-0.3, -0.25) is 4.79 Å². The summed E-state index contributed by atoms with van der Waals surface area (Å²) in [6.45, 7) is 4.14. The van der Waals surface area contributed by atoms with Gasteiger partial charge < -0.3 is 14.9 Å². The second kappa shape index (κ2) is 9.41. The number of rotatable bonds is 9. The molecule has 1 aliphatic carbocycles. The molecule has 1 aromatic heterocycles. The Morgan fingerprint density at radius 1 is 0.971 bits per heavy atom. The molecule has 5 nitrogen and oxygen atoms in total. The fourth-order valence-electron chi connectivity index (χ4n) is 4.63. The van der Waals surface area contributed by atoms with E-state index in [2.05, 4.69) is 53.8 Å². The number of hydrogen-bond donors (Lipinski definition) is 2. The smallest absolute Gasteiger partial charge is 0.314 e. The normalized spacial score (nSPS) is 14.9. The summed E-state index contributed by atoms with van der Waals surface area (Å²) in [6.07, 6.45) is 3.45. The minimum atomic E-state index is -0.726.